The molecule has 0 spiro atoms. The Morgan fingerprint density at radius 2 is 2.00 bits per heavy atom. The summed E-state index contributed by atoms with van der Waals surface area (Å²) in [5.74, 6) is 0.755. The monoisotopic (exact) mass is 235 g/mol. The Morgan fingerprint density at radius 3 is 2.53 bits per heavy atom. The highest BCUT2D eigenvalue weighted by molar-refractivity contribution is 5.53. The second kappa shape index (κ2) is 4.57. The first kappa shape index (κ1) is 12.2. The number of aromatic hydroxyl groups is 1. The Balaban J connectivity index is 2.56. The molecule has 1 aromatic rings. The van der Waals surface area contributed by atoms with Gasteiger partial charge in [-0.3, -0.25) is 0 Å². The standard InChI is InChI=1S/C14H21NO2/c1-3-10-6-7-11(17-2)13(16)12(10)14(15)8-4-5-9-14/h6-7,16H,3-5,8-9,15H2,1-2H3. The molecule has 0 saturated heterocycles. The molecule has 1 aromatic carbocycles. The van der Waals surface area contributed by atoms with Crippen molar-refractivity contribution in [2.75, 3.05) is 7.11 Å². The number of nitrogens with two attached hydrogens (primary N) is 1. The van der Waals surface area contributed by atoms with Gasteiger partial charge in [-0.15, -0.1) is 0 Å². The Hall–Kier alpha value is -1.22. The molecule has 0 aromatic heterocycles. The zero-order valence-corrected chi connectivity index (χ0v) is 10.6. The normalized spacial score (nSPS) is 18.3. The number of rotatable bonds is 3. The number of aryl methyl sites for hydroxylation is 1. The van der Waals surface area contributed by atoms with Gasteiger partial charge in [0.25, 0.3) is 0 Å². The number of phenols is 1. The molecule has 3 nitrogen and oxygen atoms in total. The minimum atomic E-state index is -0.371. The number of benzene rings is 1. The molecule has 0 aliphatic heterocycles. The lowest BCUT2D eigenvalue weighted by molar-refractivity contribution is 0.354. The summed E-state index contributed by atoms with van der Waals surface area (Å²) in [4.78, 5) is 0. The second-order valence-corrected chi connectivity index (χ2v) is 4.87. The van der Waals surface area contributed by atoms with Crippen molar-refractivity contribution in [2.24, 2.45) is 5.73 Å². The van der Waals surface area contributed by atoms with Crippen LogP contribution in [0.2, 0.25) is 0 Å². The number of hydrogen-bond donors (Lipinski definition) is 2. The fraction of sp³-hybridized carbons (Fsp3) is 0.571. The summed E-state index contributed by atoms with van der Waals surface area (Å²) in [5, 5.41) is 10.3. The lowest BCUT2D eigenvalue weighted by Gasteiger charge is -2.28. The van der Waals surface area contributed by atoms with Crippen LogP contribution < -0.4 is 10.5 Å². The van der Waals surface area contributed by atoms with Crippen LogP contribution in [0.1, 0.15) is 43.7 Å². The number of ether oxygens (including phenoxy) is 1. The lowest BCUT2D eigenvalue weighted by atomic mass is 9.84. The van der Waals surface area contributed by atoms with Crippen molar-refractivity contribution in [1.29, 1.82) is 0 Å². The zero-order valence-electron chi connectivity index (χ0n) is 10.6. The first-order valence-electron chi connectivity index (χ1n) is 6.30. The second-order valence-electron chi connectivity index (χ2n) is 4.87. The molecule has 3 N–H and O–H groups in total. The van der Waals surface area contributed by atoms with Crippen LogP contribution in [0.5, 0.6) is 11.5 Å². The molecule has 94 valence electrons. The van der Waals surface area contributed by atoms with Crippen LogP contribution in [0.3, 0.4) is 0 Å². The number of hydrogen-bond acceptors (Lipinski definition) is 3. The average molecular weight is 235 g/mol. The molecule has 1 fully saturated rings. The highest BCUT2D eigenvalue weighted by Crippen LogP contribution is 2.45. The Kier molecular flexibility index (Phi) is 3.29. The zero-order chi connectivity index (χ0) is 12.5. The van der Waals surface area contributed by atoms with E-state index in [1.807, 2.05) is 12.1 Å². The molecular weight excluding hydrogens is 214 g/mol. The van der Waals surface area contributed by atoms with Crippen LogP contribution in [-0.4, -0.2) is 12.2 Å². The third-order valence-electron chi connectivity index (χ3n) is 3.82. The van der Waals surface area contributed by atoms with Crippen LogP contribution in [0.25, 0.3) is 0 Å². The van der Waals surface area contributed by atoms with Crippen LogP contribution in [-0.2, 0) is 12.0 Å². The molecule has 1 aliphatic carbocycles. The van der Waals surface area contributed by atoms with Crippen molar-refractivity contribution in [3.8, 4) is 11.5 Å². The summed E-state index contributed by atoms with van der Waals surface area (Å²) in [6, 6.07) is 3.83. The van der Waals surface area contributed by atoms with E-state index < -0.39 is 0 Å². The smallest absolute Gasteiger partial charge is 0.163 e. The van der Waals surface area contributed by atoms with E-state index in [1.165, 1.54) is 0 Å². The lowest BCUT2D eigenvalue weighted by Crippen LogP contribution is -2.34. The molecule has 1 aliphatic rings. The van der Waals surface area contributed by atoms with Gasteiger partial charge in [-0.05, 0) is 30.9 Å². The van der Waals surface area contributed by atoms with Gasteiger partial charge < -0.3 is 15.6 Å². The van der Waals surface area contributed by atoms with Gasteiger partial charge in [0.15, 0.2) is 11.5 Å². The molecule has 0 amide bonds. The van der Waals surface area contributed by atoms with Gasteiger partial charge in [0.05, 0.1) is 7.11 Å². The van der Waals surface area contributed by atoms with Crippen molar-refractivity contribution in [1.82, 2.24) is 0 Å². The minimum absolute atomic E-state index is 0.233. The van der Waals surface area contributed by atoms with E-state index in [4.69, 9.17) is 10.5 Å². The van der Waals surface area contributed by atoms with E-state index in [1.54, 1.807) is 7.11 Å². The molecule has 0 atom stereocenters. The molecule has 0 heterocycles. The molecule has 0 radical (unpaired) electrons. The van der Waals surface area contributed by atoms with Crippen molar-refractivity contribution in [3.63, 3.8) is 0 Å². The highest BCUT2D eigenvalue weighted by atomic mass is 16.5. The molecule has 1 saturated carbocycles. The first-order chi connectivity index (χ1) is 8.12. The van der Waals surface area contributed by atoms with Gasteiger partial charge in [-0.25, -0.2) is 0 Å². The summed E-state index contributed by atoms with van der Waals surface area (Å²) >= 11 is 0. The van der Waals surface area contributed by atoms with Gasteiger partial charge in [-0.1, -0.05) is 25.8 Å². The van der Waals surface area contributed by atoms with Crippen molar-refractivity contribution in [2.45, 2.75) is 44.6 Å². The van der Waals surface area contributed by atoms with E-state index in [0.717, 1.165) is 43.2 Å². The third-order valence-corrected chi connectivity index (χ3v) is 3.82. The predicted molar refractivity (Wildman–Crippen MR) is 68.4 cm³/mol. The number of phenolic OH excluding ortho intramolecular Hbond substituents is 1. The van der Waals surface area contributed by atoms with Gasteiger partial charge in [0.1, 0.15) is 0 Å². The molecule has 3 heteroatoms. The van der Waals surface area contributed by atoms with Crippen molar-refractivity contribution in [3.05, 3.63) is 23.3 Å². The summed E-state index contributed by atoms with van der Waals surface area (Å²) in [6.07, 6.45) is 5.04. The highest BCUT2D eigenvalue weighted by Gasteiger charge is 2.36. The van der Waals surface area contributed by atoms with Crippen LogP contribution in [0, 0.1) is 0 Å². The van der Waals surface area contributed by atoms with Gasteiger partial charge in [0.2, 0.25) is 0 Å². The Labute approximate surface area is 103 Å². The molecule has 0 unspecified atom stereocenters. The maximum Gasteiger partial charge on any atom is 0.163 e. The van der Waals surface area contributed by atoms with Crippen LogP contribution >= 0.6 is 0 Å². The molecular formula is C14H21NO2. The molecule has 0 bridgehead atoms. The Bertz CT molecular complexity index is 409. The topological polar surface area (TPSA) is 55.5 Å². The maximum atomic E-state index is 10.3. The Morgan fingerprint density at radius 1 is 1.35 bits per heavy atom. The van der Waals surface area contributed by atoms with Crippen LogP contribution in [0.15, 0.2) is 12.1 Å². The summed E-state index contributed by atoms with van der Waals surface area (Å²) in [7, 11) is 1.57. The summed E-state index contributed by atoms with van der Waals surface area (Å²) in [5.41, 5.74) is 8.13. The van der Waals surface area contributed by atoms with Gasteiger partial charge in [0, 0.05) is 11.1 Å². The molecule has 2 rings (SSSR count). The summed E-state index contributed by atoms with van der Waals surface area (Å²) in [6.45, 7) is 2.09. The average Bonchev–Trinajstić information content (AvgIpc) is 2.76. The van der Waals surface area contributed by atoms with Gasteiger partial charge >= 0.3 is 0 Å². The van der Waals surface area contributed by atoms with E-state index in [2.05, 4.69) is 6.92 Å². The third kappa shape index (κ3) is 2.00. The first-order valence-corrected chi connectivity index (χ1v) is 6.30. The minimum Gasteiger partial charge on any atom is -0.504 e. The molecule has 17 heavy (non-hydrogen) atoms. The van der Waals surface area contributed by atoms with Crippen LogP contribution in [0.4, 0.5) is 0 Å². The maximum absolute atomic E-state index is 10.3. The van der Waals surface area contributed by atoms with Crippen molar-refractivity contribution >= 4 is 0 Å². The fourth-order valence-corrected chi connectivity index (χ4v) is 2.88. The van der Waals surface area contributed by atoms with Crippen molar-refractivity contribution < 1.29 is 9.84 Å². The fourth-order valence-electron chi connectivity index (χ4n) is 2.88. The summed E-state index contributed by atoms with van der Waals surface area (Å²) < 4.78 is 5.18. The van der Waals surface area contributed by atoms with E-state index in [0.29, 0.717) is 5.75 Å². The SMILES string of the molecule is CCc1ccc(OC)c(O)c1C1(N)CCCC1. The van der Waals surface area contributed by atoms with E-state index >= 15 is 0 Å². The van der Waals surface area contributed by atoms with Gasteiger partial charge in [-0.2, -0.15) is 0 Å². The predicted octanol–water partition coefficient (Wildman–Crippen LogP) is 2.69. The van der Waals surface area contributed by atoms with E-state index in [-0.39, 0.29) is 11.3 Å². The van der Waals surface area contributed by atoms with E-state index in [9.17, 15) is 5.11 Å². The quantitative estimate of drug-likeness (QED) is 0.847. The number of methoxy groups -OCH3 is 1. The largest absolute Gasteiger partial charge is 0.504 e.